The second-order valence-electron chi connectivity index (χ2n) is 2.49. The Bertz CT molecular complexity index is 61.9. The van der Waals surface area contributed by atoms with Crippen molar-refractivity contribution in [1.82, 2.24) is 0 Å². The minimum Gasteiger partial charge on any atom is -0.393 e. The van der Waals surface area contributed by atoms with E-state index in [0.29, 0.717) is 12.8 Å². The van der Waals surface area contributed by atoms with Gasteiger partial charge < -0.3 is 10.2 Å². The van der Waals surface area contributed by atoms with Crippen LogP contribution in [0.2, 0.25) is 0 Å². The van der Waals surface area contributed by atoms with Crippen molar-refractivity contribution in [1.29, 1.82) is 0 Å². The predicted octanol–water partition coefficient (Wildman–Crippen LogP) is 0.918. The summed E-state index contributed by atoms with van der Waals surface area (Å²) in [5, 5.41) is 17.8. The van der Waals surface area contributed by atoms with E-state index in [4.69, 9.17) is 10.2 Å². The maximum absolute atomic E-state index is 9.00. The fourth-order valence-electron chi connectivity index (χ4n) is 0.638. The highest BCUT2D eigenvalue weighted by molar-refractivity contribution is 4.55. The molecule has 0 amide bonds. The van der Waals surface area contributed by atoms with E-state index in [2.05, 4.69) is 0 Å². The van der Waals surface area contributed by atoms with E-state index in [1.165, 1.54) is 0 Å². The lowest BCUT2D eigenvalue weighted by Gasteiger charge is -2.07. The van der Waals surface area contributed by atoms with Crippen LogP contribution in [-0.4, -0.2) is 22.4 Å². The molecule has 0 aromatic heterocycles. The second-order valence-corrected chi connectivity index (χ2v) is 2.49. The number of aliphatic hydroxyl groups is 2. The number of rotatable bonds is 4. The Morgan fingerprint density at radius 2 is 1.78 bits per heavy atom. The van der Waals surface area contributed by atoms with Crippen LogP contribution in [0.4, 0.5) is 0 Å². The summed E-state index contributed by atoms with van der Waals surface area (Å²) in [5.74, 6) is 0. The average molecular weight is 132 g/mol. The summed E-state index contributed by atoms with van der Waals surface area (Å²) < 4.78 is 0. The molecule has 0 heterocycles. The monoisotopic (exact) mass is 132 g/mol. The highest BCUT2D eigenvalue weighted by Gasteiger charge is 2.01. The molecule has 0 saturated heterocycles. The van der Waals surface area contributed by atoms with Crippen LogP contribution >= 0.6 is 0 Å². The Hall–Kier alpha value is -0.0800. The highest BCUT2D eigenvalue weighted by atomic mass is 16.3. The fourth-order valence-corrected chi connectivity index (χ4v) is 0.638. The molecule has 2 heteroatoms. The molecule has 0 aliphatic heterocycles. The van der Waals surface area contributed by atoms with E-state index in [1.54, 1.807) is 6.92 Å². The van der Waals surface area contributed by atoms with Crippen LogP contribution < -0.4 is 0 Å². The van der Waals surface area contributed by atoms with Crippen molar-refractivity contribution >= 4 is 0 Å². The molecular formula is C7H16O2. The van der Waals surface area contributed by atoms with Gasteiger partial charge in [0.15, 0.2) is 0 Å². The molecular weight excluding hydrogens is 116 g/mol. The van der Waals surface area contributed by atoms with Crippen molar-refractivity contribution in [2.45, 2.75) is 45.3 Å². The van der Waals surface area contributed by atoms with E-state index >= 15 is 0 Å². The first-order valence-electron chi connectivity index (χ1n) is 3.53. The number of hydrogen-bond acceptors (Lipinski definition) is 2. The highest BCUT2D eigenvalue weighted by Crippen LogP contribution is 2.03. The zero-order valence-corrected chi connectivity index (χ0v) is 6.17. The van der Waals surface area contributed by atoms with Crippen LogP contribution in [0.25, 0.3) is 0 Å². The Labute approximate surface area is 56.5 Å². The molecule has 0 fully saturated rings. The van der Waals surface area contributed by atoms with Gasteiger partial charge in [-0.2, -0.15) is 0 Å². The minimum absolute atomic E-state index is 0.223. The lowest BCUT2D eigenvalue weighted by molar-refractivity contribution is 0.120. The quantitative estimate of drug-likeness (QED) is 0.597. The molecule has 2 atom stereocenters. The normalized spacial score (nSPS) is 17.3. The summed E-state index contributed by atoms with van der Waals surface area (Å²) in [6.07, 6.45) is 1.71. The molecule has 0 radical (unpaired) electrons. The molecule has 0 spiro atoms. The molecule has 0 bridgehead atoms. The second kappa shape index (κ2) is 4.77. The maximum Gasteiger partial charge on any atom is 0.0538 e. The number of aliphatic hydroxyl groups excluding tert-OH is 2. The van der Waals surface area contributed by atoms with Crippen LogP contribution in [0.15, 0.2) is 0 Å². The third-order valence-corrected chi connectivity index (χ3v) is 1.39. The van der Waals surface area contributed by atoms with Crippen LogP contribution in [-0.2, 0) is 0 Å². The van der Waals surface area contributed by atoms with Gasteiger partial charge in [0.25, 0.3) is 0 Å². The molecule has 0 aliphatic rings. The summed E-state index contributed by atoms with van der Waals surface area (Å²) in [4.78, 5) is 0. The first kappa shape index (κ1) is 8.92. The Balaban J connectivity index is 3.06. The van der Waals surface area contributed by atoms with Crippen molar-refractivity contribution < 1.29 is 10.2 Å². The Morgan fingerprint density at radius 3 is 2.11 bits per heavy atom. The lowest BCUT2D eigenvalue weighted by atomic mass is 10.1. The van der Waals surface area contributed by atoms with Gasteiger partial charge in [-0.15, -0.1) is 0 Å². The van der Waals surface area contributed by atoms with Gasteiger partial charge in [0.2, 0.25) is 0 Å². The van der Waals surface area contributed by atoms with Crippen LogP contribution in [0, 0.1) is 0 Å². The largest absolute Gasteiger partial charge is 0.393 e. The van der Waals surface area contributed by atoms with Crippen molar-refractivity contribution in [3.05, 3.63) is 0 Å². The van der Waals surface area contributed by atoms with Gasteiger partial charge in [-0.05, 0) is 26.2 Å². The van der Waals surface area contributed by atoms with Gasteiger partial charge in [-0.25, -0.2) is 0 Å². The Morgan fingerprint density at radius 1 is 1.22 bits per heavy atom. The standard InChI is InChI=1S/C7H16O2/c1-3-7(9)5-4-6(2)8/h6-9H,3-5H2,1-2H3/t6-,7+/m0/s1. The zero-order valence-electron chi connectivity index (χ0n) is 6.17. The molecule has 2 nitrogen and oxygen atoms in total. The fraction of sp³-hybridized carbons (Fsp3) is 1.00. The van der Waals surface area contributed by atoms with Gasteiger partial charge in [-0.3, -0.25) is 0 Å². The lowest BCUT2D eigenvalue weighted by Crippen LogP contribution is -2.08. The van der Waals surface area contributed by atoms with Crippen LogP contribution in [0.3, 0.4) is 0 Å². The first-order valence-corrected chi connectivity index (χ1v) is 3.53. The van der Waals surface area contributed by atoms with Crippen molar-refractivity contribution in [3.8, 4) is 0 Å². The number of hydrogen-bond donors (Lipinski definition) is 2. The van der Waals surface area contributed by atoms with Crippen LogP contribution in [0.1, 0.15) is 33.1 Å². The SMILES string of the molecule is CC[C@@H](O)CC[C@H](C)O. The maximum atomic E-state index is 9.00. The smallest absolute Gasteiger partial charge is 0.0538 e. The van der Waals surface area contributed by atoms with E-state index in [0.717, 1.165) is 6.42 Å². The van der Waals surface area contributed by atoms with Gasteiger partial charge >= 0.3 is 0 Å². The van der Waals surface area contributed by atoms with Crippen LogP contribution in [0.5, 0.6) is 0 Å². The first-order chi connectivity index (χ1) is 4.16. The predicted molar refractivity (Wildman–Crippen MR) is 37.2 cm³/mol. The van der Waals surface area contributed by atoms with Crippen molar-refractivity contribution in [2.75, 3.05) is 0 Å². The topological polar surface area (TPSA) is 40.5 Å². The third-order valence-electron chi connectivity index (χ3n) is 1.39. The molecule has 9 heavy (non-hydrogen) atoms. The Kier molecular flexibility index (Phi) is 4.72. The van der Waals surface area contributed by atoms with Gasteiger partial charge in [0.1, 0.15) is 0 Å². The molecule has 0 unspecified atom stereocenters. The van der Waals surface area contributed by atoms with E-state index < -0.39 is 0 Å². The molecule has 0 rings (SSSR count). The molecule has 2 N–H and O–H groups in total. The average Bonchev–Trinajstić information content (AvgIpc) is 1.83. The molecule has 0 aromatic carbocycles. The third kappa shape index (κ3) is 5.80. The molecule has 0 aromatic rings. The minimum atomic E-state index is -0.272. The van der Waals surface area contributed by atoms with Crippen molar-refractivity contribution in [2.24, 2.45) is 0 Å². The van der Waals surface area contributed by atoms with E-state index in [1.807, 2.05) is 6.92 Å². The van der Waals surface area contributed by atoms with E-state index in [-0.39, 0.29) is 12.2 Å². The molecule has 0 aliphatic carbocycles. The van der Waals surface area contributed by atoms with Crippen molar-refractivity contribution in [3.63, 3.8) is 0 Å². The van der Waals surface area contributed by atoms with Gasteiger partial charge in [0.05, 0.1) is 12.2 Å². The van der Waals surface area contributed by atoms with E-state index in [9.17, 15) is 0 Å². The molecule has 0 saturated carbocycles. The van der Waals surface area contributed by atoms with Gasteiger partial charge in [0, 0.05) is 0 Å². The summed E-state index contributed by atoms with van der Waals surface area (Å²) in [5.41, 5.74) is 0. The summed E-state index contributed by atoms with van der Waals surface area (Å²) in [6.45, 7) is 3.68. The molecule has 56 valence electrons. The van der Waals surface area contributed by atoms with Gasteiger partial charge in [-0.1, -0.05) is 6.92 Å². The zero-order chi connectivity index (χ0) is 7.28. The summed E-state index contributed by atoms with van der Waals surface area (Å²) in [7, 11) is 0. The summed E-state index contributed by atoms with van der Waals surface area (Å²) in [6, 6.07) is 0. The summed E-state index contributed by atoms with van der Waals surface area (Å²) >= 11 is 0.